The molecule has 0 aromatic heterocycles. The van der Waals surface area contributed by atoms with Gasteiger partial charge in [0.1, 0.15) is 5.60 Å². The molecule has 0 spiro atoms. The Balaban J connectivity index is 1.66. The van der Waals surface area contributed by atoms with Crippen molar-refractivity contribution in [3.63, 3.8) is 0 Å². The Morgan fingerprint density at radius 1 is 1.26 bits per heavy atom. The third-order valence-corrected chi connectivity index (χ3v) is 3.08. The molecule has 104 valence electrons. The minimum atomic E-state index is -0.394. The third kappa shape index (κ3) is 4.67. The second kappa shape index (κ2) is 5.74. The minimum Gasteiger partial charge on any atom is -0.460 e. The molecule has 1 aromatic carbocycles. The van der Waals surface area contributed by atoms with E-state index in [-0.39, 0.29) is 11.9 Å². The molecule has 0 N–H and O–H groups in total. The molecule has 0 amide bonds. The molecule has 19 heavy (non-hydrogen) atoms. The van der Waals surface area contributed by atoms with E-state index in [0.29, 0.717) is 19.1 Å². The second-order valence-electron chi connectivity index (χ2n) is 6.14. The van der Waals surface area contributed by atoms with Crippen LogP contribution in [0, 0.1) is 11.8 Å². The molecule has 0 aliphatic heterocycles. The number of benzene rings is 1. The number of carbonyl (C=O) groups is 1. The van der Waals surface area contributed by atoms with Gasteiger partial charge in [-0.25, -0.2) is 0 Å². The zero-order chi connectivity index (χ0) is 13.9. The van der Waals surface area contributed by atoms with E-state index in [1.807, 2.05) is 51.1 Å². The topological polar surface area (TPSA) is 35.5 Å². The quantitative estimate of drug-likeness (QED) is 0.764. The van der Waals surface area contributed by atoms with Crippen LogP contribution in [0.2, 0.25) is 0 Å². The van der Waals surface area contributed by atoms with Crippen LogP contribution >= 0.6 is 0 Å². The molecule has 1 aromatic rings. The molecule has 0 unspecified atom stereocenters. The first-order valence-electron chi connectivity index (χ1n) is 6.80. The molecular formula is C16H22O3. The highest BCUT2D eigenvalue weighted by atomic mass is 16.6. The minimum absolute atomic E-state index is 0.0370. The summed E-state index contributed by atoms with van der Waals surface area (Å²) in [5, 5.41) is 0. The largest absolute Gasteiger partial charge is 0.460 e. The number of carbonyl (C=O) groups excluding carboxylic acids is 1. The summed E-state index contributed by atoms with van der Waals surface area (Å²) in [6.45, 7) is 6.94. The molecule has 1 aliphatic carbocycles. The van der Waals surface area contributed by atoms with Crippen LogP contribution in [0.25, 0.3) is 0 Å². The molecule has 2 rings (SSSR count). The third-order valence-electron chi connectivity index (χ3n) is 3.08. The molecule has 3 heteroatoms. The van der Waals surface area contributed by atoms with Crippen molar-refractivity contribution in [2.75, 3.05) is 6.61 Å². The Labute approximate surface area is 114 Å². The number of esters is 1. The average molecular weight is 262 g/mol. The standard InChI is InChI=1S/C16H22O3/c1-16(2,3)19-15(17)14-9-13(14)11-18-10-12-7-5-4-6-8-12/h4-8,13-14H,9-11H2,1-3H3/t13-,14+/m1/s1. The van der Waals surface area contributed by atoms with Gasteiger partial charge in [-0.3, -0.25) is 4.79 Å². The lowest BCUT2D eigenvalue weighted by Gasteiger charge is -2.19. The molecule has 1 saturated carbocycles. The zero-order valence-corrected chi connectivity index (χ0v) is 11.9. The fourth-order valence-electron chi connectivity index (χ4n) is 2.00. The lowest BCUT2D eigenvalue weighted by molar-refractivity contribution is -0.157. The van der Waals surface area contributed by atoms with Gasteiger partial charge in [0.15, 0.2) is 0 Å². The van der Waals surface area contributed by atoms with E-state index in [9.17, 15) is 4.79 Å². The number of hydrogen-bond acceptors (Lipinski definition) is 3. The van der Waals surface area contributed by atoms with E-state index >= 15 is 0 Å². The number of rotatable bonds is 5. The molecule has 0 radical (unpaired) electrons. The number of ether oxygens (including phenoxy) is 2. The highest BCUT2D eigenvalue weighted by molar-refractivity contribution is 5.76. The van der Waals surface area contributed by atoms with Crippen molar-refractivity contribution in [1.82, 2.24) is 0 Å². The van der Waals surface area contributed by atoms with Gasteiger partial charge in [-0.1, -0.05) is 30.3 Å². The molecule has 1 aliphatic rings. The van der Waals surface area contributed by atoms with E-state index in [1.165, 1.54) is 0 Å². The normalized spacial score (nSPS) is 22.1. The van der Waals surface area contributed by atoms with Crippen LogP contribution in [0.1, 0.15) is 32.8 Å². The molecule has 0 bridgehead atoms. The maximum Gasteiger partial charge on any atom is 0.309 e. The molecule has 0 saturated heterocycles. The Hall–Kier alpha value is -1.35. The van der Waals surface area contributed by atoms with Gasteiger partial charge in [0, 0.05) is 0 Å². The first-order chi connectivity index (χ1) is 8.96. The fourth-order valence-corrected chi connectivity index (χ4v) is 2.00. The van der Waals surface area contributed by atoms with Gasteiger partial charge in [-0.15, -0.1) is 0 Å². The van der Waals surface area contributed by atoms with Crippen molar-refractivity contribution in [2.45, 2.75) is 39.4 Å². The highest BCUT2D eigenvalue weighted by Gasteiger charge is 2.45. The maximum atomic E-state index is 11.8. The number of hydrogen-bond donors (Lipinski definition) is 0. The van der Waals surface area contributed by atoms with E-state index in [4.69, 9.17) is 9.47 Å². The van der Waals surface area contributed by atoms with Crippen molar-refractivity contribution >= 4 is 5.97 Å². The molecule has 3 nitrogen and oxygen atoms in total. The zero-order valence-electron chi connectivity index (χ0n) is 11.9. The van der Waals surface area contributed by atoms with Crippen molar-refractivity contribution < 1.29 is 14.3 Å². The smallest absolute Gasteiger partial charge is 0.309 e. The lowest BCUT2D eigenvalue weighted by atomic mass is 10.2. The summed E-state index contributed by atoms with van der Waals surface area (Å²) in [5.41, 5.74) is 0.770. The molecule has 2 atom stereocenters. The van der Waals surface area contributed by atoms with Crippen molar-refractivity contribution in [1.29, 1.82) is 0 Å². The van der Waals surface area contributed by atoms with Crippen LogP contribution in [0.15, 0.2) is 30.3 Å². The van der Waals surface area contributed by atoms with Crippen LogP contribution in [-0.2, 0) is 20.9 Å². The Bertz CT molecular complexity index is 419. The monoisotopic (exact) mass is 262 g/mol. The van der Waals surface area contributed by atoms with E-state index in [1.54, 1.807) is 0 Å². The predicted octanol–water partition coefficient (Wildman–Crippen LogP) is 3.18. The fraction of sp³-hybridized carbons (Fsp3) is 0.562. The van der Waals surface area contributed by atoms with Crippen LogP contribution in [0.4, 0.5) is 0 Å². The summed E-state index contributed by atoms with van der Waals surface area (Å²) in [6.07, 6.45) is 0.893. The molecule has 1 fully saturated rings. The van der Waals surface area contributed by atoms with Crippen LogP contribution in [0.3, 0.4) is 0 Å². The van der Waals surface area contributed by atoms with Crippen LogP contribution in [0.5, 0.6) is 0 Å². The predicted molar refractivity (Wildman–Crippen MR) is 73.5 cm³/mol. The summed E-state index contributed by atoms with van der Waals surface area (Å²) < 4.78 is 11.0. The first-order valence-corrected chi connectivity index (χ1v) is 6.80. The van der Waals surface area contributed by atoms with Gasteiger partial charge in [0.25, 0.3) is 0 Å². The van der Waals surface area contributed by atoms with Gasteiger partial charge in [0.2, 0.25) is 0 Å². The summed E-state index contributed by atoms with van der Waals surface area (Å²) in [6, 6.07) is 10.1. The molecule has 0 heterocycles. The van der Waals surface area contributed by atoms with Gasteiger partial charge >= 0.3 is 5.97 Å². The Morgan fingerprint density at radius 3 is 2.58 bits per heavy atom. The second-order valence-corrected chi connectivity index (χ2v) is 6.14. The van der Waals surface area contributed by atoms with E-state index in [2.05, 4.69) is 0 Å². The Morgan fingerprint density at radius 2 is 1.95 bits per heavy atom. The summed E-state index contributed by atoms with van der Waals surface area (Å²) in [5.74, 6) is 0.286. The average Bonchev–Trinajstić information content (AvgIpc) is 3.08. The van der Waals surface area contributed by atoms with Gasteiger partial charge in [-0.05, 0) is 38.7 Å². The molecular weight excluding hydrogens is 240 g/mol. The SMILES string of the molecule is CC(C)(C)OC(=O)[C@H]1C[C@@H]1COCc1ccccc1. The highest BCUT2D eigenvalue weighted by Crippen LogP contribution is 2.40. The van der Waals surface area contributed by atoms with E-state index in [0.717, 1.165) is 12.0 Å². The lowest BCUT2D eigenvalue weighted by Crippen LogP contribution is -2.25. The van der Waals surface area contributed by atoms with Crippen molar-refractivity contribution in [3.8, 4) is 0 Å². The van der Waals surface area contributed by atoms with Gasteiger partial charge in [0.05, 0.1) is 19.1 Å². The summed E-state index contributed by atoms with van der Waals surface area (Å²) >= 11 is 0. The van der Waals surface area contributed by atoms with Crippen LogP contribution < -0.4 is 0 Å². The van der Waals surface area contributed by atoms with Crippen molar-refractivity contribution in [2.24, 2.45) is 11.8 Å². The Kier molecular flexibility index (Phi) is 4.25. The van der Waals surface area contributed by atoms with Gasteiger partial charge < -0.3 is 9.47 Å². The van der Waals surface area contributed by atoms with Crippen LogP contribution in [-0.4, -0.2) is 18.2 Å². The summed E-state index contributed by atoms with van der Waals surface area (Å²) in [7, 11) is 0. The van der Waals surface area contributed by atoms with E-state index < -0.39 is 5.60 Å². The van der Waals surface area contributed by atoms with Gasteiger partial charge in [-0.2, -0.15) is 0 Å². The summed E-state index contributed by atoms with van der Waals surface area (Å²) in [4.78, 5) is 11.8. The first kappa shape index (κ1) is 14.1. The maximum absolute atomic E-state index is 11.8. The van der Waals surface area contributed by atoms with Crippen molar-refractivity contribution in [3.05, 3.63) is 35.9 Å².